The second kappa shape index (κ2) is 6.65. The molecule has 2 rings (SSSR count). The molecular weight excluding hydrogens is 295 g/mol. The van der Waals surface area contributed by atoms with Crippen LogP contribution >= 0.6 is 0 Å². The molecule has 1 aromatic carbocycles. The van der Waals surface area contributed by atoms with Crippen LogP contribution in [0.5, 0.6) is 0 Å². The van der Waals surface area contributed by atoms with Gasteiger partial charge in [-0.05, 0) is 29.7 Å². The summed E-state index contributed by atoms with van der Waals surface area (Å²) in [4.78, 5) is -0.311. The van der Waals surface area contributed by atoms with E-state index >= 15 is 0 Å². The highest BCUT2D eigenvalue weighted by molar-refractivity contribution is 7.89. The Hall–Kier alpha value is -1.28. The molecule has 0 aromatic heterocycles. The first-order chi connectivity index (χ1) is 9.98. The van der Waals surface area contributed by atoms with Crippen molar-refractivity contribution in [1.29, 1.82) is 0 Å². The van der Waals surface area contributed by atoms with E-state index < -0.39 is 15.8 Å². The first-order valence-electron chi connectivity index (χ1n) is 6.64. The van der Waals surface area contributed by atoms with E-state index in [1.807, 2.05) is 6.08 Å². The minimum atomic E-state index is -3.85. The summed E-state index contributed by atoms with van der Waals surface area (Å²) in [5.74, 6) is -0.751. The van der Waals surface area contributed by atoms with E-state index in [0.29, 0.717) is 25.1 Å². The smallest absolute Gasteiger partial charge is 0.246 e. The van der Waals surface area contributed by atoms with E-state index in [0.717, 1.165) is 11.6 Å². The molecular formula is C14H19FN2O3S. The Morgan fingerprint density at radius 1 is 1.43 bits per heavy atom. The largest absolute Gasteiger partial charge is 0.380 e. The molecule has 1 aromatic rings. The van der Waals surface area contributed by atoms with Crippen molar-refractivity contribution in [2.24, 2.45) is 5.73 Å². The van der Waals surface area contributed by atoms with Crippen molar-refractivity contribution in [3.63, 3.8) is 0 Å². The van der Waals surface area contributed by atoms with E-state index in [1.165, 1.54) is 16.4 Å². The van der Waals surface area contributed by atoms with Gasteiger partial charge in [-0.1, -0.05) is 12.1 Å². The van der Waals surface area contributed by atoms with Gasteiger partial charge in [0.25, 0.3) is 0 Å². The maximum atomic E-state index is 13.9. The van der Waals surface area contributed by atoms with Crippen LogP contribution < -0.4 is 5.73 Å². The number of nitrogens with zero attached hydrogens (tertiary/aromatic N) is 1. The topological polar surface area (TPSA) is 72.6 Å². The maximum absolute atomic E-state index is 13.9. The molecule has 1 aliphatic rings. The average Bonchev–Trinajstić information content (AvgIpc) is 2.48. The van der Waals surface area contributed by atoms with Crippen molar-refractivity contribution in [2.75, 3.05) is 26.8 Å². The zero-order valence-corrected chi connectivity index (χ0v) is 12.7. The second-order valence-electron chi connectivity index (χ2n) is 4.88. The van der Waals surface area contributed by atoms with Gasteiger partial charge in [-0.2, -0.15) is 4.31 Å². The van der Waals surface area contributed by atoms with Crippen molar-refractivity contribution >= 4 is 10.0 Å². The molecule has 0 aliphatic carbocycles. The number of methoxy groups -OCH3 is 1. The number of nitrogens with two attached hydrogens (primary N) is 1. The predicted octanol–water partition coefficient (Wildman–Crippen LogP) is 1.25. The number of ether oxygens (including phenoxy) is 1. The third-order valence-electron chi connectivity index (χ3n) is 3.44. The van der Waals surface area contributed by atoms with Gasteiger partial charge in [0, 0.05) is 26.7 Å². The van der Waals surface area contributed by atoms with Crippen molar-refractivity contribution in [3.05, 3.63) is 41.2 Å². The fourth-order valence-electron chi connectivity index (χ4n) is 2.24. The van der Waals surface area contributed by atoms with E-state index in [-0.39, 0.29) is 18.0 Å². The monoisotopic (exact) mass is 314 g/mol. The number of rotatable bonds is 5. The highest BCUT2D eigenvalue weighted by atomic mass is 32.2. The average molecular weight is 314 g/mol. The van der Waals surface area contributed by atoms with Crippen molar-refractivity contribution in [3.8, 4) is 0 Å². The molecule has 0 spiro atoms. The van der Waals surface area contributed by atoms with Gasteiger partial charge in [-0.25, -0.2) is 12.8 Å². The quantitative estimate of drug-likeness (QED) is 0.830. The van der Waals surface area contributed by atoms with E-state index in [1.54, 1.807) is 7.11 Å². The predicted molar refractivity (Wildman–Crippen MR) is 77.6 cm³/mol. The molecule has 0 radical (unpaired) electrons. The van der Waals surface area contributed by atoms with E-state index in [2.05, 4.69) is 0 Å². The third kappa shape index (κ3) is 3.49. The SMILES string of the molecule is COCC1=CCN(S(=O)(=O)c2cc(CN)ccc2F)CC1. The highest BCUT2D eigenvalue weighted by Crippen LogP contribution is 2.23. The minimum absolute atomic E-state index is 0.167. The third-order valence-corrected chi connectivity index (χ3v) is 5.32. The highest BCUT2D eigenvalue weighted by Gasteiger charge is 2.28. The lowest BCUT2D eigenvalue weighted by atomic mass is 10.1. The van der Waals surface area contributed by atoms with Gasteiger partial charge in [-0.15, -0.1) is 0 Å². The Morgan fingerprint density at radius 2 is 2.19 bits per heavy atom. The van der Waals surface area contributed by atoms with Gasteiger partial charge in [0.05, 0.1) is 6.61 Å². The van der Waals surface area contributed by atoms with Crippen LogP contribution in [0.25, 0.3) is 0 Å². The lowest BCUT2D eigenvalue weighted by Crippen LogP contribution is -2.35. The standard InChI is InChI=1S/C14H19FN2O3S/c1-20-10-11-4-6-17(7-5-11)21(18,19)14-8-12(9-16)2-3-13(14)15/h2-4,8H,5-7,9-10,16H2,1H3. The van der Waals surface area contributed by atoms with Crippen LogP contribution in [0.3, 0.4) is 0 Å². The normalized spacial score (nSPS) is 16.8. The summed E-state index contributed by atoms with van der Waals surface area (Å²) < 4.78 is 45.2. The molecule has 0 saturated carbocycles. The minimum Gasteiger partial charge on any atom is -0.380 e. The summed E-state index contributed by atoms with van der Waals surface area (Å²) in [5, 5.41) is 0. The Labute approximate surface area is 124 Å². The lowest BCUT2D eigenvalue weighted by Gasteiger charge is -2.26. The molecule has 1 heterocycles. The van der Waals surface area contributed by atoms with Crippen LogP contribution in [0.2, 0.25) is 0 Å². The van der Waals surface area contributed by atoms with Gasteiger partial charge in [0.1, 0.15) is 10.7 Å². The van der Waals surface area contributed by atoms with E-state index in [4.69, 9.17) is 10.5 Å². The van der Waals surface area contributed by atoms with Gasteiger partial charge >= 0.3 is 0 Å². The molecule has 0 fully saturated rings. The van der Waals surface area contributed by atoms with Gasteiger partial charge in [0.2, 0.25) is 10.0 Å². The van der Waals surface area contributed by atoms with Crippen molar-refractivity contribution in [2.45, 2.75) is 17.9 Å². The summed E-state index contributed by atoms with van der Waals surface area (Å²) in [6, 6.07) is 3.94. The lowest BCUT2D eigenvalue weighted by molar-refractivity contribution is 0.219. The molecule has 5 nitrogen and oxygen atoms in total. The number of halogens is 1. The maximum Gasteiger partial charge on any atom is 0.246 e. The summed E-state index contributed by atoms with van der Waals surface area (Å²) >= 11 is 0. The first kappa shape index (κ1) is 16.1. The Bertz CT molecular complexity index is 644. The number of hydrogen-bond acceptors (Lipinski definition) is 4. The van der Waals surface area contributed by atoms with Crippen LogP contribution in [-0.2, 0) is 21.3 Å². The fraction of sp³-hybridized carbons (Fsp3) is 0.429. The zero-order chi connectivity index (χ0) is 15.5. The van der Waals surface area contributed by atoms with Crippen molar-refractivity contribution in [1.82, 2.24) is 4.31 Å². The van der Waals surface area contributed by atoms with Gasteiger partial charge < -0.3 is 10.5 Å². The Morgan fingerprint density at radius 3 is 2.76 bits per heavy atom. The summed E-state index contributed by atoms with van der Waals surface area (Å²) in [5.41, 5.74) is 7.13. The van der Waals surface area contributed by atoms with Crippen molar-refractivity contribution < 1.29 is 17.5 Å². The fourth-order valence-corrected chi connectivity index (χ4v) is 3.73. The molecule has 0 atom stereocenters. The van der Waals surface area contributed by atoms with Crippen LogP contribution in [0, 0.1) is 5.82 Å². The molecule has 0 amide bonds. The van der Waals surface area contributed by atoms with E-state index in [9.17, 15) is 12.8 Å². The molecule has 7 heteroatoms. The molecule has 1 aliphatic heterocycles. The zero-order valence-electron chi connectivity index (χ0n) is 11.9. The summed E-state index contributed by atoms with van der Waals surface area (Å²) in [7, 11) is -2.25. The summed E-state index contributed by atoms with van der Waals surface area (Å²) in [6.07, 6.45) is 2.40. The van der Waals surface area contributed by atoms with Gasteiger partial charge in [0.15, 0.2) is 0 Å². The number of benzene rings is 1. The first-order valence-corrected chi connectivity index (χ1v) is 8.08. The Kier molecular flexibility index (Phi) is 5.10. The molecule has 0 unspecified atom stereocenters. The molecule has 0 bridgehead atoms. The number of hydrogen-bond donors (Lipinski definition) is 1. The number of sulfonamides is 1. The molecule has 0 saturated heterocycles. The van der Waals surface area contributed by atoms with Crippen LogP contribution in [-0.4, -0.2) is 39.5 Å². The Balaban J connectivity index is 2.27. The van der Waals surface area contributed by atoms with Crippen LogP contribution in [0.4, 0.5) is 4.39 Å². The second-order valence-corrected chi connectivity index (χ2v) is 6.78. The molecule has 116 valence electrons. The summed E-state index contributed by atoms with van der Waals surface area (Å²) in [6.45, 7) is 1.21. The van der Waals surface area contributed by atoms with Crippen LogP contribution in [0.1, 0.15) is 12.0 Å². The molecule has 2 N–H and O–H groups in total. The molecule has 21 heavy (non-hydrogen) atoms. The van der Waals surface area contributed by atoms with Gasteiger partial charge in [-0.3, -0.25) is 0 Å². The van der Waals surface area contributed by atoms with Crippen LogP contribution in [0.15, 0.2) is 34.7 Å².